The van der Waals surface area contributed by atoms with Gasteiger partial charge >= 0.3 is 0 Å². The van der Waals surface area contributed by atoms with Gasteiger partial charge in [-0.2, -0.15) is 0 Å². The lowest BCUT2D eigenvalue weighted by Gasteiger charge is -2.08. The van der Waals surface area contributed by atoms with Crippen LogP contribution in [0.15, 0.2) is 46.9 Å². The van der Waals surface area contributed by atoms with Crippen molar-refractivity contribution in [2.24, 2.45) is 0 Å². The molecule has 0 atom stereocenters. The Bertz CT molecular complexity index is 602. The smallest absolute Gasteiger partial charge is 0.270 e. The Balaban J connectivity index is 2.07. The van der Waals surface area contributed by atoms with Crippen molar-refractivity contribution in [2.45, 2.75) is 6.54 Å². The molecule has 0 bridgehead atoms. The second-order valence-corrected chi connectivity index (χ2v) is 5.98. The summed E-state index contributed by atoms with van der Waals surface area (Å²) in [4.78, 5) is 10.3. The Morgan fingerprint density at radius 2 is 1.89 bits per heavy atom. The zero-order valence-corrected chi connectivity index (χ0v) is 13.5. The molecule has 1 N–H and O–H groups in total. The summed E-state index contributed by atoms with van der Waals surface area (Å²) in [7, 11) is 0. The van der Waals surface area contributed by atoms with E-state index < -0.39 is 0 Å². The molecule has 0 aromatic heterocycles. The average molecular weight is 433 g/mol. The van der Waals surface area contributed by atoms with Crippen LogP contribution in [0.3, 0.4) is 0 Å². The van der Waals surface area contributed by atoms with E-state index in [0.29, 0.717) is 6.54 Å². The average Bonchev–Trinajstić information content (AvgIpc) is 2.39. The summed E-state index contributed by atoms with van der Waals surface area (Å²) in [5, 5.41) is 13.9. The molecular formula is C13H10BrIN2O2. The second-order valence-electron chi connectivity index (χ2n) is 3.90. The highest BCUT2D eigenvalue weighted by Gasteiger charge is 2.08. The normalized spacial score (nSPS) is 10.2. The number of rotatable bonds is 4. The number of non-ortho nitro benzene ring substituents is 1. The topological polar surface area (TPSA) is 55.2 Å². The van der Waals surface area contributed by atoms with E-state index in [9.17, 15) is 10.1 Å². The molecule has 4 nitrogen and oxygen atoms in total. The predicted molar refractivity (Wildman–Crippen MR) is 87.3 cm³/mol. The van der Waals surface area contributed by atoms with E-state index in [1.54, 1.807) is 12.1 Å². The van der Waals surface area contributed by atoms with Crippen LogP contribution in [0.1, 0.15) is 5.56 Å². The zero-order valence-electron chi connectivity index (χ0n) is 9.77. The molecule has 0 unspecified atom stereocenters. The molecule has 98 valence electrons. The summed E-state index contributed by atoms with van der Waals surface area (Å²) in [5.41, 5.74) is 2.16. The van der Waals surface area contributed by atoms with Crippen LogP contribution in [-0.4, -0.2) is 4.92 Å². The fraction of sp³-hybridized carbons (Fsp3) is 0.0769. The van der Waals surface area contributed by atoms with Gasteiger partial charge in [0.25, 0.3) is 5.69 Å². The van der Waals surface area contributed by atoms with Gasteiger partial charge < -0.3 is 5.32 Å². The van der Waals surface area contributed by atoms with Gasteiger partial charge in [0.2, 0.25) is 0 Å². The molecule has 2 aromatic rings. The minimum Gasteiger partial charge on any atom is -0.380 e. The molecule has 0 aliphatic rings. The van der Waals surface area contributed by atoms with E-state index in [-0.39, 0.29) is 10.6 Å². The largest absolute Gasteiger partial charge is 0.380 e. The quantitative estimate of drug-likeness (QED) is 0.437. The van der Waals surface area contributed by atoms with Gasteiger partial charge in [0.15, 0.2) is 0 Å². The van der Waals surface area contributed by atoms with Crippen LogP contribution < -0.4 is 5.32 Å². The fourth-order valence-corrected chi connectivity index (χ4v) is 2.51. The molecule has 0 amide bonds. The van der Waals surface area contributed by atoms with Gasteiger partial charge in [0.05, 0.1) is 4.92 Å². The summed E-state index contributed by atoms with van der Waals surface area (Å²) >= 11 is 5.48. The van der Waals surface area contributed by atoms with Crippen LogP contribution in [-0.2, 0) is 6.54 Å². The predicted octanol–water partition coefficient (Wildman–Crippen LogP) is 4.57. The van der Waals surface area contributed by atoms with Crippen molar-refractivity contribution >= 4 is 49.9 Å². The molecule has 0 spiro atoms. The molecule has 2 aromatic carbocycles. The number of halogens is 2. The highest BCUT2D eigenvalue weighted by atomic mass is 127. The molecule has 0 aliphatic carbocycles. The third kappa shape index (κ3) is 3.90. The molecule has 0 saturated heterocycles. The lowest BCUT2D eigenvalue weighted by Crippen LogP contribution is -2.01. The summed E-state index contributed by atoms with van der Waals surface area (Å²) in [6, 6.07) is 12.8. The maximum atomic E-state index is 10.7. The van der Waals surface area contributed by atoms with E-state index >= 15 is 0 Å². The van der Waals surface area contributed by atoms with Gasteiger partial charge in [0.1, 0.15) is 0 Å². The summed E-state index contributed by atoms with van der Waals surface area (Å²) in [5.74, 6) is 0. The lowest BCUT2D eigenvalue weighted by molar-refractivity contribution is -0.384. The minimum absolute atomic E-state index is 0.110. The number of hydrogen-bond donors (Lipinski definition) is 1. The maximum absolute atomic E-state index is 10.7. The van der Waals surface area contributed by atoms with Crippen molar-refractivity contribution in [1.29, 1.82) is 0 Å². The first-order valence-electron chi connectivity index (χ1n) is 5.48. The molecule has 0 heterocycles. The molecule has 0 radical (unpaired) electrons. The summed E-state index contributed by atoms with van der Waals surface area (Å²) < 4.78 is 1.88. The first kappa shape index (κ1) is 14.3. The molecule has 0 saturated carbocycles. The van der Waals surface area contributed by atoms with Crippen LogP contribution in [0.25, 0.3) is 0 Å². The Morgan fingerprint density at radius 1 is 1.21 bits per heavy atom. The Labute approximate surface area is 132 Å². The third-order valence-electron chi connectivity index (χ3n) is 2.56. The molecule has 0 fully saturated rings. The summed E-state index contributed by atoms with van der Waals surface area (Å²) in [6.45, 7) is 0.682. The van der Waals surface area contributed by atoms with Crippen LogP contribution in [0.4, 0.5) is 11.4 Å². The highest BCUT2D eigenvalue weighted by molar-refractivity contribution is 14.1. The number of hydrogen-bond acceptors (Lipinski definition) is 3. The van der Waals surface area contributed by atoms with Gasteiger partial charge in [-0.15, -0.1) is 0 Å². The van der Waals surface area contributed by atoms with Crippen LogP contribution in [0, 0.1) is 13.7 Å². The molecule has 6 heteroatoms. The van der Waals surface area contributed by atoms with E-state index in [1.165, 1.54) is 6.07 Å². The first-order chi connectivity index (χ1) is 9.06. The SMILES string of the molecule is O=[N+]([O-])c1ccc(NCc2ccc(Br)cc2)c(I)c1. The number of anilines is 1. The van der Waals surface area contributed by atoms with Gasteiger partial charge in [-0.25, -0.2) is 0 Å². The van der Waals surface area contributed by atoms with Gasteiger partial charge in [-0.05, 0) is 46.4 Å². The third-order valence-corrected chi connectivity index (χ3v) is 3.98. The van der Waals surface area contributed by atoms with E-state index in [0.717, 1.165) is 19.3 Å². The minimum atomic E-state index is -0.388. The van der Waals surface area contributed by atoms with Crippen LogP contribution in [0.2, 0.25) is 0 Å². The standard InChI is InChI=1S/C13H10BrIN2O2/c14-10-3-1-9(2-4-10)8-16-13-6-5-11(17(18)19)7-12(13)15/h1-7,16H,8H2. The van der Waals surface area contributed by atoms with Crippen LogP contribution >= 0.6 is 38.5 Å². The van der Waals surface area contributed by atoms with Crippen LogP contribution in [0.5, 0.6) is 0 Å². The molecule has 2 rings (SSSR count). The van der Waals surface area contributed by atoms with Crippen molar-refractivity contribution in [2.75, 3.05) is 5.32 Å². The molecule has 0 aliphatic heterocycles. The Kier molecular flexibility index (Phi) is 4.76. The monoisotopic (exact) mass is 432 g/mol. The highest BCUT2D eigenvalue weighted by Crippen LogP contribution is 2.24. The number of benzene rings is 2. The van der Waals surface area contributed by atoms with Gasteiger partial charge in [0, 0.05) is 32.4 Å². The van der Waals surface area contributed by atoms with E-state index in [4.69, 9.17) is 0 Å². The maximum Gasteiger partial charge on any atom is 0.270 e. The van der Waals surface area contributed by atoms with Crippen molar-refractivity contribution in [3.8, 4) is 0 Å². The Morgan fingerprint density at radius 3 is 2.47 bits per heavy atom. The van der Waals surface area contributed by atoms with E-state index in [2.05, 4.69) is 43.8 Å². The fourth-order valence-electron chi connectivity index (χ4n) is 1.56. The number of nitro groups is 1. The second kappa shape index (κ2) is 6.33. The van der Waals surface area contributed by atoms with Crippen molar-refractivity contribution in [3.05, 3.63) is 66.2 Å². The molecule has 19 heavy (non-hydrogen) atoms. The number of nitro benzene ring substituents is 1. The van der Waals surface area contributed by atoms with E-state index in [1.807, 2.05) is 24.3 Å². The number of nitrogens with one attached hydrogen (secondary N) is 1. The van der Waals surface area contributed by atoms with Crippen molar-refractivity contribution in [3.63, 3.8) is 0 Å². The van der Waals surface area contributed by atoms with Gasteiger partial charge in [-0.1, -0.05) is 28.1 Å². The summed E-state index contributed by atoms with van der Waals surface area (Å²) in [6.07, 6.45) is 0. The molecular weight excluding hydrogens is 423 g/mol. The van der Waals surface area contributed by atoms with Crippen molar-refractivity contribution < 1.29 is 4.92 Å². The number of nitrogens with zero attached hydrogens (tertiary/aromatic N) is 1. The van der Waals surface area contributed by atoms with Gasteiger partial charge in [-0.3, -0.25) is 10.1 Å². The van der Waals surface area contributed by atoms with Crippen molar-refractivity contribution in [1.82, 2.24) is 0 Å². The first-order valence-corrected chi connectivity index (χ1v) is 7.35. The zero-order chi connectivity index (χ0) is 13.8. The Hall–Kier alpha value is -1.15. The lowest BCUT2D eigenvalue weighted by atomic mass is 10.2.